The lowest BCUT2D eigenvalue weighted by atomic mass is 9.81. The topological polar surface area (TPSA) is 106 Å². The van der Waals surface area contributed by atoms with Crippen molar-refractivity contribution in [1.29, 1.82) is 0 Å². The number of ether oxygens (including phenoxy) is 1. The summed E-state index contributed by atoms with van der Waals surface area (Å²) >= 11 is 0. The number of methoxy groups -OCH3 is 1. The molecule has 0 saturated heterocycles. The highest BCUT2D eigenvalue weighted by Gasteiger charge is 2.38. The first kappa shape index (κ1) is 33.2. The van der Waals surface area contributed by atoms with Crippen LogP contribution in [0.1, 0.15) is 61.5 Å². The minimum absolute atomic E-state index is 0.102. The largest absolute Gasteiger partial charge is 0.401 e. The van der Waals surface area contributed by atoms with E-state index >= 15 is 4.39 Å². The van der Waals surface area contributed by atoms with Crippen LogP contribution in [-0.2, 0) is 26.3 Å². The van der Waals surface area contributed by atoms with E-state index in [2.05, 4.69) is 15.7 Å². The molecule has 0 unspecified atom stereocenters. The van der Waals surface area contributed by atoms with Gasteiger partial charge in [0.05, 0.1) is 24.3 Å². The quantitative estimate of drug-likeness (QED) is 0.202. The van der Waals surface area contributed by atoms with Gasteiger partial charge in [-0.3, -0.25) is 19.2 Å². The van der Waals surface area contributed by atoms with E-state index in [0.29, 0.717) is 18.5 Å². The Hall–Kier alpha value is -3.32. The Labute approximate surface area is 243 Å². The predicted octanol–water partition coefficient (Wildman–Crippen LogP) is 4.33. The fraction of sp³-hybridized carbons (Fsp3) is 0.586. The maximum Gasteiger partial charge on any atom is 0.401 e. The van der Waals surface area contributed by atoms with Crippen molar-refractivity contribution in [1.82, 2.24) is 20.0 Å². The van der Waals surface area contributed by atoms with Gasteiger partial charge in [0.2, 0.25) is 5.91 Å². The SMILES string of the molecule is CCn1nccc1C(=O)N[C@H](C(=O)Nc1ccc([C@@](C=O)(COC)CN(C)CC(F)(F)F)cc1F)C1CCCCCC1. The van der Waals surface area contributed by atoms with Crippen molar-refractivity contribution in [3.8, 4) is 0 Å². The van der Waals surface area contributed by atoms with E-state index in [9.17, 15) is 27.6 Å². The van der Waals surface area contributed by atoms with Crippen molar-refractivity contribution < 1.29 is 36.7 Å². The molecule has 2 amide bonds. The second-order valence-electron chi connectivity index (χ2n) is 10.9. The molecular weight excluding hydrogens is 558 g/mol. The molecule has 3 rings (SSSR count). The molecule has 2 atom stereocenters. The Bertz CT molecular complexity index is 1210. The van der Waals surface area contributed by atoms with Crippen LogP contribution in [0.2, 0.25) is 0 Å². The standard InChI is InChI=1S/C29H39F4N5O4/c1-4-38-24(13-14-34-38)26(40)36-25(20-9-7-5-6-8-10-20)27(41)35-23-12-11-21(15-22(23)30)28(18-39,19-42-3)16-37(2)17-29(31,32)33/h11-15,18,20,25H,4-10,16-17,19H2,1-3H3,(H,35,41)(H,36,40)/t25-,28-/m0/s1. The summed E-state index contributed by atoms with van der Waals surface area (Å²) in [5.74, 6) is -2.09. The number of nitrogens with zero attached hydrogens (tertiary/aromatic N) is 3. The zero-order valence-corrected chi connectivity index (χ0v) is 24.2. The number of aromatic nitrogens is 2. The van der Waals surface area contributed by atoms with Gasteiger partial charge in [0.25, 0.3) is 5.91 Å². The average Bonchev–Trinajstić information content (AvgIpc) is 3.25. The number of anilines is 1. The summed E-state index contributed by atoms with van der Waals surface area (Å²) < 4.78 is 60.9. The molecule has 1 aliphatic carbocycles. The molecule has 1 aromatic carbocycles. The lowest BCUT2D eigenvalue weighted by Crippen LogP contribution is -2.49. The van der Waals surface area contributed by atoms with Gasteiger partial charge in [-0.1, -0.05) is 31.7 Å². The highest BCUT2D eigenvalue weighted by atomic mass is 19.4. The van der Waals surface area contributed by atoms with E-state index in [1.54, 1.807) is 6.07 Å². The Kier molecular flexibility index (Phi) is 11.6. The summed E-state index contributed by atoms with van der Waals surface area (Å²) in [5, 5.41) is 9.53. The number of alkyl halides is 3. The smallest absolute Gasteiger partial charge is 0.383 e. The van der Waals surface area contributed by atoms with Gasteiger partial charge in [-0.25, -0.2) is 4.39 Å². The average molecular weight is 598 g/mol. The number of amides is 2. The second-order valence-corrected chi connectivity index (χ2v) is 10.9. The van der Waals surface area contributed by atoms with Gasteiger partial charge in [-0.15, -0.1) is 0 Å². The summed E-state index contributed by atoms with van der Waals surface area (Å²) in [6.07, 6.45) is 2.75. The molecule has 2 aromatic rings. The zero-order chi connectivity index (χ0) is 30.9. The Morgan fingerprint density at radius 2 is 1.86 bits per heavy atom. The maximum atomic E-state index is 15.4. The van der Waals surface area contributed by atoms with Crippen LogP contribution >= 0.6 is 0 Å². The number of hydrogen-bond donors (Lipinski definition) is 2. The normalized spacial score (nSPS) is 16.9. The Balaban J connectivity index is 1.86. The molecular formula is C29H39F4N5O4. The number of aryl methyl sites for hydroxylation is 1. The lowest BCUT2D eigenvalue weighted by molar-refractivity contribution is -0.146. The predicted molar refractivity (Wildman–Crippen MR) is 149 cm³/mol. The number of aldehydes is 1. The van der Waals surface area contributed by atoms with Crippen LogP contribution in [0, 0.1) is 11.7 Å². The van der Waals surface area contributed by atoms with Gasteiger partial charge < -0.3 is 20.2 Å². The first-order chi connectivity index (χ1) is 19.9. The number of carbonyl (C=O) groups is 3. The maximum absolute atomic E-state index is 15.4. The minimum atomic E-state index is -4.49. The van der Waals surface area contributed by atoms with E-state index in [1.807, 2.05) is 6.92 Å². The highest BCUT2D eigenvalue weighted by molar-refractivity contribution is 6.00. The third kappa shape index (κ3) is 8.60. The lowest BCUT2D eigenvalue weighted by Gasteiger charge is -2.33. The second kappa shape index (κ2) is 14.7. The van der Waals surface area contributed by atoms with E-state index < -0.39 is 41.8 Å². The molecule has 1 heterocycles. The van der Waals surface area contributed by atoms with Gasteiger partial charge >= 0.3 is 6.18 Å². The van der Waals surface area contributed by atoms with Gasteiger partial charge in [0.15, 0.2) is 0 Å². The van der Waals surface area contributed by atoms with Crippen molar-refractivity contribution in [2.45, 2.75) is 69.6 Å². The monoisotopic (exact) mass is 597 g/mol. The first-order valence-corrected chi connectivity index (χ1v) is 14.1. The van der Waals surface area contributed by atoms with Crippen LogP contribution in [0.3, 0.4) is 0 Å². The molecule has 0 spiro atoms. The molecule has 1 aromatic heterocycles. The van der Waals surface area contributed by atoms with Crippen LogP contribution in [-0.4, -0.2) is 78.9 Å². The fourth-order valence-corrected chi connectivity index (χ4v) is 5.63. The fourth-order valence-electron chi connectivity index (χ4n) is 5.63. The summed E-state index contributed by atoms with van der Waals surface area (Å²) in [7, 11) is 2.50. The molecule has 0 aliphatic heterocycles. The molecule has 42 heavy (non-hydrogen) atoms. The van der Waals surface area contributed by atoms with Gasteiger partial charge in [-0.2, -0.15) is 18.3 Å². The minimum Gasteiger partial charge on any atom is -0.383 e. The number of nitrogens with one attached hydrogen (secondary N) is 2. The van der Waals surface area contributed by atoms with E-state index in [4.69, 9.17) is 4.74 Å². The molecule has 1 aliphatic rings. The molecule has 0 bridgehead atoms. The van der Waals surface area contributed by atoms with Crippen molar-refractivity contribution >= 4 is 23.8 Å². The van der Waals surface area contributed by atoms with E-state index in [1.165, 1.54) is 37.2 Å². The van der Waals surface area contributed by atoms with Crippen LogP contribution in [0.25, 0.3) is 0 Å². The first-order valence-electron chi connectivity index (χ1n) is 14.1. The molecule has 2 N–H and O–H groups in total. The van der Waals surface area contributed by atoms with Gasteiger partial charge in [0, 0.05) is 26.4 Å². The van der Waals surface area contributed by atoms with Crippen molar-refractivity contribution in [2.24, 2.45) is 5.92 Å². The summed E-state index contributed by atoms with van der Waals surface area (Å²) in [6.45, 7) is 0.375. The van der Waals surface area contributed by atoms with E-state index in [0.717, 1.165) is 49.5 Å². The van der Waals surface area contributed by atoms with Crippen molar-refractivity contribution in [3.63, 3.8) is 0 Å². The summed E-state index contributed by atoms with van der Waals surface area (Å²) in [5.41, 5.74) is -1.36. The van der Waals surface area contributed by atoms with Crippen LogP contribution in [0.5, 0.6) is 0 Å². The third-order valence-corrected chi connectivity index (χ3v) is 7.62. The molecule has 0 radical (unpaired) electrons. The Morgan fingerprint density at radius 3 is 2.43 bits per heavy atom. The van der Waals surface area contributed by atoms with E-state index in [-0.39, 0.29) is 30.3 Å². The number of likely N-dealkylation sites (N-methyl/N-ethyl adjacent to an activating group) is 1. The number of carbonyl (C=O) groups excluding carboxylic acids is 3. The van der Waals surface area contributed by atoms with Gasteiger partial charge in [0.1, 0.15) is 23.8 Å². The van der Waals surface area contributed by atoms with Crippen LogP contribution in [0.4, 0.5) is 23.2 Å². The molecule has 1 fully saturated rings. The van der Waals surface area contributed by atoms with Crippen molar-refractivity contribution in [3.05, 3.63) is 47.5 Å². The number of hydrogen-bond acceptors (Lipinski definition) is 6. The zero-order valence-electron chi connectivity index (χ0n) is 24.2. The highest BCUT2D eigenvalue weighted by Crippen LogP contribution is 2.30. The molecule has 9 nitrogen and oxygen atoms in total. The summed E-state index contributed by atoms with van der Waals surface area (Å²) in [6, 6.07) is 4.28. The summed E-state index contributed by atoms with van der Waals surface area (Å²) in [4.78, 5) is 39.8. The Morgan fingerprint density at radius 1 is 1.17 bits per heavy atom. The van der Waals surface area contributed by atoms with Crippen LogP contribution < -0.4 is 10.6 Å². The van der Waals surface area contributed by atoms with Crippen LogP contribution in [0.15, 0.2) is 30.5 Å². The molecule has 1 saturated carbocycles. The number of rotatable bonds is 13. The van der Waals surface area contributed by atoms with Crippen molar-refractivity contribution in [2.75, 3.05) is 39.2 Å². The van der Waals surface area contributed by atoms with Gasteiger partial charge in [-0.05, 0) is 56.5 Å². The molecule has 13 heteroatoms. The molecule has 232 valence electrons. The number of halogens is 4. The third-order valence-electron chi connectivity index (χ3n) is 7.62. The number of benzene rings is 1.